The lowest BCUT2D eigenvalue weighted by Crippen LogP contribution is -2.50. The van der Waals surface area contributed by atoms with Gasteiger partial charge in [-0.2, -0.15) is 0 Å². The van der Waals surface area contributed by atoms with E-state index in [0.29, 0.717) is 6.04 Å². The fourth-order valence-corrected chi connectivity index (χ4v) is 3.50. The van der Waals surface area contributed by atoms with Gasteiger partial charge in [0.05, 0.1) is 6.61 Å². The fourth-order valence-electron chi connectivity index (χ4n) is 2.16. The summed E-state index contributed by atoms with van der Waals surface area (Å²) in [6.07, 6.45) is 1.61. The third kappa shape index (κ3) is 4.17. The molecule has 108 valence electrons. The lowest BCUT2D eigenvalue weighted by molar-refractivity contribution is 0.168. The number of sulfonamides is 1. The average molecular weight is 279 g/mol. The Balaban J connectivity index is 2.50. The van der Waals surface area contributed by atoms with Crippen LogP contribution in [0.5, 0.6) is 0 Å². The van der Waals surface area contributed by atoms with Gasteiger partial charge < -0.3 is 15.7 Å². The van der Waals surface area contributed by atoms with E-state index in [-0.39, 0.29) is 12.6 Å². The third-order valence-electron chi connectivity index (χ3n) is 3.50. The summed E-state index contributed by atoms with van der Waals surface area (Å²) in [5.41, 5.74) is 5.35. The molecule has 1 unspecified atom stereocenters. The Bertz CT molecular complexity index is 333. The summed E-state index contributed by atoms with van der Waals surface area (Å²) in [6.45, 7) is 5.59. The van der Waals surface area contributed by atoms with Crippen molar-refractivity contribution in [3.8, 4) is 0 Å². The van der Waals surface area contributed by atoms with Crippen molar-refractivity contribution in [2.45, 2.75) is 44.0 Å². The number of piperidine rings is 1. The molecule has 6 nitrogen and oxygen atoms in total. The zero-order chi connectivity index (χ0) is 13.8. The van der Waals surface area contributed by atoms with Crippen LogP contribution in [-0.4, -0.2) is 62.0 Å². The first-order chi connectivity index (χ1) is 8.40. The van der Waals surface area contributed by atoms with E-state index in [1.54, 1.807) is 0 Å². The van der Waals surface area contributed by atoms with Gasteiger partial charge in [0.25, 0.3) is 0 Å². The average Bonchev–Trinajstić information content (AvgIpc) is 2.30. The molecule has 0 aromatic rings. The predicted octanol–water partition coefficient (Wildman–Crippen LogP) is -0.902. The van der Waals surface area contributed by atoms with Gasteiger partial charge in [-0.15, -0.1) is 0 Å². The Morgan fingerprint density at radius 2 is 1.94 bits per heavy atom. The van der Waals surface area contributed by atoms with Gasteiger partial charge in [0.1, 0.15) is 5.25 Å². The molecular formula is C11H25N3O3S. The number of nitrogens with one attached hydrogen (secondary N) is 1. The van der Waals surface area contributed by atoms with Crippen LogP contribution in [0.3, 0.4) is 0 Å². The SMILES string of the molecule is CC(C)N1CCC(NS(=O)(=O)C(CN)CO)CC1. The van der Waals surface area contributed by atoms with Crippen LogP contribution in [0.2, 0.25) is 0 Å². The maximum atomic E-state index is 11.9. The summed E-state index contributed by atoms with van der Waals surface area (Å²) in [5.74, 6) is 0. The molecule has 1 fully saturated rings. The molecule has 1 saturated heterocycles. The number of hydrogen-bond acceptors (Lipinski definition) is 5. The molecule has 1 atom stereocenters. The maximum Gasteiger partial charge on any atom is 0.218 e. The number of likely N-dealkylation sites (tertiary alicyclic amines) is 1. The Labute approximate surface area is 110 Å². The van der Waals surface area contributed by atoms with Crippen molar-refractivity contribution < 1.29 is 13.5 Å². The van der Waals surface area contributed by atoms with Crippen molar-refractivity contribution in [2.75, 3.05) is 26.2 Å². The van der Waals surface area contributed by atoms with Gasteiger partial charge in [0, 0.05) is 18.6 Å². The zero-order valence-corrected chi connectivity index (χ0v) is 12.0. The first-order valence-corrected chi connectivity index (χ1v) is 8.01. The Morgan fingerprint density at radius 3 is 2.33 bits per heavy atom. The summed E-state index contributed by atoms with van der Waals surface area (Å²) in [7, 11) is -3.50. The van der Waals surface area contributed by atoms with Gasteiger partial charge in [0.15, 0.2) is 0 Å². The number of hydrogen-bond donors (Lipinski definition) is 3. The minimum atomic E-state index is -3.50. The quantitative estimate of drug-likeness (QED) is 0.585. The van der Waals surface area contributed by atoms with Crippen molar-refractivity contribution in [1.82, 2.24) is 9.62 Å². The number of rotatable bonds is 6. The van der Waals surface area contributed by atoms with Crippen molar-refractivity contribution in [3.63, 3.8) is 0 Å². The molecule has 18 heavy (non-hydrogen) atoms. The van der Waals surface area contributed by atoms with E-state index in [9.17, 15) is 8.42 Å². The van der Waals surface area contributed by atoms with E-state index >= 15 is 0 Å². The van der Waals surface area contributed by atoms with Gasteiger partial charge in [-0.05, 0) is 39.8 Å². The highest BCUT2D eigenvalue weighted by molar-refractivity contribution is 7.90. The molecule has 0 aromatic heterocycles. The first-order valence-electron chi connectivity index (χ1n) is 6.46. The Morgan fingerprint density at radius 1 is 1.39 bits per heavy atom. The van der Waals surface area contributed by atoms with Crippen LogP contribution in [0.4, 0.5) is 0 Å². The van der Waals surface area contributed by atoms with Crippen LogP contribution in [-0.2, 0) is 10.0 Å². The van der Waals surface area contributed by atoms with Gasteiger partial charge >= 0.3 is 0 Å². The number of nitrogens with zero attached hydrogens (tertiary/aromatic N) is 1. The molecule has 0 aromatic carbocycles. The summed E-state index contributed by atoms with van der Waals surface area (Å²) < 4.78 is 26.5. The van der Waals surface area contributed by atoms with Gasteiger partial charge in [-0.25, -0.2) is 13.1 Å². The van der Waals surface area contributed by atoms with Crippen LogP contribution in [0, 0.1) is 0 Å². The van der Waals surface area contributed by atoms with E-state index in [1.165, 1.54) is 0 Å². The second kappa shape index (κ2) is 6.81. The predicted molar refractivity (Wildman–Crippen MR) is 71.7 cm³/mol. The highest BCUT2D eigenvalue weighted by atomic mass is 32.2. The van der Waals surface area contributed by atoms with Crippen molar-refractivity contribution in [1.29, 1.82) is 0 Å². The van der Waals surface area contributed by atoms with Crippen LogP contribution in [0.1, 0.15) is 26.7 Å². The van der Waals surface area contributed by atoms with Crippen LogP contribution in [0.25, 0.3) is 0 Å². The van der Waals surface area contributed by atoms with E-state index < -0.39 is 21.9 Å². The highest BCUT2D eigenvalue weighted by Gasteiger charge is 2.29. The molecule has 0 bridgehead atoms. The molecule has 1 rings (SSSR count). The summed E-state index contributed by atoms with van der Waals surface area (Å²) in [4.78, 5) is 2.33. The second-order valence-corrected chi connectivity index (χ2v) is 7.10. The first kappa shape index (κ1) is 15.8. The normalized spacial score (nSPS) is 21.4. The van der Waals surface area contributed by atoms with Crippen molar-refractivity contribution in [2.24, 2.45) is 5.73 Å². The van der Waals surface area contributed by atoms with Crippen LogP contribution < -0.4 is 10.5 Å². The van der Waals surface area contributed by atoms with Gasteiger partial charge in [0.2, 0.25) is 10.0 Å². The number of aliphatic hydroxyl groups is 1. The molecule has 0 amide bonds. The standard InChI is InChI=1S/C11H25N3O3S/c1-9(2)14-5-3-10(4-6-14)13-18(16,17)11(7-12)8-15/h9-11,13,15H,3-8,12H2,1-2H3. The molecule has 1 heterocycles. The molecule has 4 N–H and O–H groups in total. The van der Waals surface area contributed by atoms with Crippen LogP contribution >= 0.6 is 0 Å². The maximum absolute atomic E-state index is 11.9. The van der Waals surface area contributed by atoms with Crippen LogP contribution in [0.15, 0.2) is 0 Å². The minimum Gasteiger partial charge on any atom is -0.395 e. The Kier molecular flexibility index (Phi) is 6.00. The van der Waals surface area contributed by atoms with Crippen molar-refractivity contribution in [3.05, 3.63) is 0 Å². The monoisotopic (exact) mass is 279 g/mol. The molecule has 0 spiro atoms. The Hall–Kier alpha value is -0.210. The lowest BCUT2D eigenvalue weighted by atomic mass is 10.1. The second-order valence-electron chi connectivity index (χ2n) is 5.11. The van der Waals surface area contributed by atoms with Gasteiger partial charge in [-0.3, -0.25) is 0 Å². The van der Waals surface area contributed by atoms with E-state index in [0.717, 1.165) is 25.9 Å². The largest absolute Gasteiger partial charge is 0.395 e. The van der Waals surface area contributed by atoms with E-state index in [1.807, 2.05) is 0 Å². The van der Waals surface area contributed by atoms with E-state index in [4.69, 9.17) is 10.8 Å². The third-order valence-corrected chi connectivity index (χ3v) is 5.38. The molecule has 0 radical (unpaired) electrons. The topological polar surface area (TPSA) is 95.7 Å². The lowest BCUT2D eigenvalue weighted by Gasteiger charge is -2.35. The molecule has 1 aliphatic heterocycles. The summed E-state index contributed by atoms with van der Waals surface area (Å²) in [5, 5.41) is 8.10. The zero-order valence-electron chi connectivity index (χ0n) is 11.2. The molecular weight excluding hydrogens is 254 g/mol. The summed E-state index contributed by atoms with van der Waals surface area (Å²) >= 11 is 0. The fraction of sp³-hybridized carbons (Fsp3) is 1.00. The number of aliphatic hydroxyl groups excluding tert-OH is 1. The summed E-state index contributed by atoms with van der Waals surface area (Å²) in [6, 6.07) is 0.461. The highest BCUT2D eigenvalue weighted by Crippen LogP contribution is 2.14. The smallest absolute Gasteiger partial charge is 0.218 e. The number of nitrogens with two attached hydrogens (primary N) is 1. The van der Waals surface area contributed by atoms with Crippen molar-refractivity contribution >= 4 is 10.0 Å². The van der Waals surface area contributed by atoms with E-state index in [2.05, 4.69) is 23.5 Å². The molecule has 7 heteroatoms. The molecule has 1 aliphatic rings. The molecule has 0 aliphatic carbocycles. The molecule has 0 saturated carbocycles. The minimum absolute atomic E-state index is 0.0365. The van der Waals surface area contributed by atoms with Gasteiger partial charge in [-0.1, -0.05) is 0 Å².